The van der Waals surface area contributed by atoms with Crippen molar-refractivity contribution in [2.45, 2.75) is 44.9 Å². The Morgan fingerprint density at radius 3 is 2.83 bits per heavy atom. The molecule has 0 unspecified atom stereocenters. The molecule has 1 aliphatic heterocycles. The number of aromatic nitrogens is 1. The molecule has 0 aromatic carbocycles. The molecule has 2 rings (SSSR count). The quantitative estimate of drug-likeness (QED) is 0.416. The average Bonchev–Trinajstić information content (AvgIpc) is 2.60. The average molecular weight is 317 g/mol. The van der Waals surface area contributed by atoms with Crippen LogP contribution in [-0.2, 0) is 6.42 Å². The molecule has 2 heterocycles. The number of pyridine rings is 1. The Bertz CT molecular complexity index is 440. The number of guanidine groups is 1. The zero-order valence-corrected chi connectivity index (χ0v) is 14.2. The van der Waals surface area contributed by atoms with Crippen molar-refractivity contribution < 1.29 is 0 Å². The number of aliphatic imine (C=N–C) groups is 1. The first-order chi connectivity index (χ1) is 11.3. The largest absolute Gasteiger partial charge is 0.370 e. The van der Waals surface area contributed by atoms with E-state index in [2.05, 4.69) is 20.2 Å². The fourth-order valence-corrected chi connectivity index (χ4v) is 2.93. The summed E-state index contributed by atoms with van der Waals surface area (Å²) in [5.74, 6) is 0.553. The molecule has 3 N–H and O–H groups in total. The van der Waals surface area contributed by atoms with Crippen LogP contribution in [0.2, 0.25) is 0 Å². The predicted octanol–water partition coefficient (Wildman–Crippen LogP) is 2.18. The molecule has 1 aromatic rings. The SMILES string of the molecule is NC(=NCCCCCN1CCCCC1)NCCc1ccccn1. The molecule has 0 saturated carbocycles. The smallest absolute Gasteiger partial charge is 0.188 e. The van der Waals surface area contributed by atoms with Crippen molar-refractivity contribution in [3.05, 3.63) is 30.1 Å². The minimum atomic E-state index is 0.553. The van der Waals surface area contributed by atoms with E-state index < -0.39 is 0 Å². The van der Waals surface area contributed by atoms with Crippen LogP contribution in [0.4, 0.5) is 0 Å². The van der Waals surface area contributed by atoms with Crippen LogP contribution in [-0.4, -0.2) is 48.6 Å². The van der Waals surface area contributed by atoms with Crippen molar-refractivity contribution in [2.24, 2.45) is 10.7 Å². The van der Waals surface area contributed by atoms with Crippen molar-refractivity contribution in [1.29, 1.82) is 0 Å². The number of unbranched alkanes of at least 4 members (excludes halogenated alkanes) is 2. The van der Waals surface area contributed by atoms with E-state index in [1.165, 1.54) is 51.7 Å². The van der Waals surface area contributed by atoms with Gasteiger partial charge in [-0.05, 0) is 57.5 Å². The molecule has 0 amide bonds. The van der Waals surface area contributed by atoms with Crippen molar-refractivity contribution >= 4 is 5.96 Å². The van der Waals surface area contributed by atoms with Crippen LogP contribution >= 0.6 is 0 Å². The molecule has 1 fully saturated rings. The lowest BCUT2D eigenvalue weighted by Gasteiger charge is -2.26. The summed E-state index contributed by atoms with van der Waals surface area (Å²) in [6, 6.07) is 5.96. The number of piperidine rings is 1. The minimum absolute atomic E-state index is 0.553. The molecule has 1 aliphatic rings. The molecule has 5 heteroatoms. The summed E-state index contributed by atoms with van der Waals surface area (Å²) >= 11 is 0. The zero-order chi connectivity index (χ0) is 16.2. The van der Waals surface area contributed by atoms with E-state index in [9.17, 15) is 0 Å². The first-order valence-electron chi connectivity index (χ1n) is 9.00. The molecule has 1 saturated heterocycles. The molecular weight excluding hydrogens is 286 g/mol. The predicted molar refractivity (Wildman–Crippen MR) is 96.6 cm³/mol. The van der Waals surface area contributed by atoms with Crippen molar-refractivity contribution in [3.63, 3.8) is 0 Å². The minimum Gasteiger partial charge on any atom is -0.370 e. The van der Waals surface area contributed by atoms with Gasteiger partial charge < -0.3 is 16.0 Å². The van der Waals surface area contributed by atoms with Crippen LogP contribution in [0.3, 0.4) is 0 Å². The van der Waals surface area contributed by atoms with Crippen LogP contribution in [0.1, 0.15) is 44.2 Å². The zero-order valence-electron chi connectivity index (χ0n) is 14.2. The molecular formula is C18H31N5. The Morgan fingerprint density at radius 1 is 1.17 bits per heavy atom. The van der Waals surface area contributed by atoms with E-state index in [4.69, 9.17) is 5.73 Å². The number of nitrogens with one attached hydrogen (secondary N) is 1. The fraction of sp³-hybridized carbons (Fsp3) is 0.667. The van der Waals surface area contributed by atoms with Gasteiger partial charge in [0.1, 0.15) is 0 Å². The second-order valence-electron chi connectivity index (χ2n) is 6.23. The Hall–Kier alpha value is -1.62. The van der Waals surface area contributed by atoms with Gasteiger partial charge in [-0.25, -0.2) is 0 Å². The van der Waals surface area contributed by atoms with Crippen LogP contribution in [0.5, 0.6) is 0 Å². The molecule has 23 heavy (non-hydrogen) atoms. The van der Waals surface area contributed by atoms with Gasteiger partial charge >= 0.3 is 0 Å². The van der Waals surface area contributed by atoms with Gasteiger partial charge in [0.2, 0.25) is 0 Å². The maximum Gasteiger partial charge on any atom is 0.188 e. The number of nitrogens with two attached hydrogens (primary N) is 1. The molecule has 1 aromatic heterocycles. The highest BCUT2D eigenvalue weighted by atomic mass is 15.1. The van der Waals surface area contributed by atoms with Gasteiger partial charge in [0.05, 0.1) is 0 Å². The second kappa shape index (κ2) is 11.0. The third-order valence-corrected chi connectivity index (χ3v) is 4.28. The summed E-state index contributed by atoms with van der Waals surface area (Å²) in [4.78, 5) is 11.3. The summed E-state index contributed by atoms with van der Waals surface area (Å²) in [6.07, 6.45) is 10.5. The van der Waals surface area contributed by atoms with E-state index in [0.29, 0.717) is 5.96 Å². The van der Waals surface area contributed by atoms with Crippen LogP contribution in [0, 0.1) is 0 Å². The highest BCUT2D eigenvalue weighted by molar-refractivity contribution is 5.77. The molecule has 0 aliphatic carbocycles. The third kappa shape index (κ3) is 7.98. The normalized spacial score (nSPS) is 16.4. The Morgan fingerprint density at radius 2 is 2.04 bits per heavy atom. The van der Waals surface area contributed by atoms with Crippen LogP contribution < -0.4 is 11.1 Å². The van der Waals surface area contributed by atoms with Gasteiger partial charge in [-0.2, -0.15) is 0 Å². The van der Waals surface area contributed by atoms with Crippen molar-refractivity contribution in [1.82, 2.24) is 15.2 Å². The van der Waals surface area contributed by atoms with E-state index in [-0.39, 0.29) is 0 Å². The molecule has 128 valence electrons. The van der Waals surface area contributed by atoms with Gasteiger partial charge in [-0.1, -0.05) is 18.9 Å². The summed E-state index contributed by atoms with van der Waals surface area (Å²) < 4.78 is 0. The maximum atomic E-state index is 5.88. The van der Waals surface area contributed by atoms with Gasteiger partial charge in [0.15, 0.2) is 5.96 Å². The van der Waals surface area contributed by atoms with Crippen LogP contribution in [0.25, 0.3) is 0 Å². The number of likely N-dealkylation sites (tertiary alicyclic amines) is 1. The van der Waals surface area contributed by atoms with Gasteiger partial charge in [-0.3, -0.25) is 9.98 Å². The van der Waals surface area contributed by atoms with Gasteiger partial charge in [0.25, 0.3) is 0 Å². The summed E-state index contributed by atoms with van der Waals surface area (Å²) in [6.45, 7) is 5.45. The number of hydrogen-bond acceptors (Lipinski definition) is 3. The van der Waals surface area contributed by atoms with Gasteiger partial charge in [0, 0.05) is 31.4 Å². The van der Waals surface area contributed by atoms with E-state index >= 15 is 0 Å². The van der Waals surface area contributed by atoms with Gasteiger partial charge in [-0.15, -0.1) is 0 Å². The standard InChI is InChI=1S/C18H31N5/c19-18(22-13-10-17-9-3-5-11-20-17)21-12-4-1-6-14-23-15-7-2-8-16-23/h3,5,9,11H,1-2,4,6-8,10,12-16H2,(H3,19,21,22). The van der Waals surface area contributed by atoms with Crippen molar-refractivity contribution in [2.75, 3.05) is 32.7 Å². The number of rotatable bonds is 9. The second-order valence-corrected chi connectivity index (χ2v) is 6.23. The first kappa shape index (κ1) is 17.7. The molecule has 0 bridgehead atoms. The lowest BCUT2D eigenvalue weighted by molar-refractivity contribution is 0.224. The number of hydrogen-bond donors (Lipinski definition) is 2. The fourth-order valence-electron chi connectivity index (χ4n) is 2.93. The summed E-state index contributed by atoms with van der Waals surface area (Å²) in [5, 5.41) is 3.15. The lowest BCUT2D eigenvalue weighted by atomic mass is 10.1. The highest BCUT2D eigenvalue weighted by Gasteiger charge is 2.08. The molecule has 0 atom stereocenters. The molecule has 0 spiro atoms. The van der Waals surface area contributed by atoms with Crippen molar-refractivity contribution in [3.8, 4) is 0 Å². The monoisotopic (exact) mass is 317 g/mol. The lowest BCUT2D eigenvalue weighted by Crippen LogP contribution is -2.33. The Labute approximate surface area is 140 Å². The van der Waals surface area contributed by atoms with E-state index in [1.54, 1.807) is 0 Å². The Kier molecular flexibility index (Phi) is 8.48. The Balaban J connectivity index is 1.46. The highest BCUT2D eigenvalue weighted by Crippen LogP contribution is 2.09. The maximum absolute atomic E-state index is 5.88. The summed E-state index contributed by atoms with van der Waals surface area (Å²) in [7, 11) is 0. The number of nitrogens with zero attached hydrogens (tertiary/aromatic N) is 3. The third-order valence-electron chi connectivity index (χ3n) is 4.28. The topological polar surface area (TPSA) is 66.5 Å². The summed E-state index contributed by atoms with van der Waals surface area (Å²) in [5.41, 5.74) is 6.95. The van der Waals surface area contributed by atoms with E-state index in [0.717, 1.165) is 31.6 Å². The molecule has 0 radical (unpaired) electrons. The van der Waals surface area contributed by atoms with Crippen LogP contribution in [0.15, 0.2) is 29.4 Å². The van der Waals surface area contributed by atoms with E-state index in [1.807, 2.05) is 24.4 Å². The molecule has 5 nitrogen and oxygen atoms in total. The first-order valence-corrected chi connectivity index (χ1v) is 9.00.